The summed E-state index contributed by atoms with van der Waals surface area (Å²) < 4.78 is 6.71. The van der Waals surface area contributed by atoms with E-state index in [1.807, 2.05) is 0 Å². The Morgan fingerprint density at radius 2 is 2.05 bits per heavy atom. The molecule has 20 heavy (non-hydrogen) atoms. The van der Waals surface area contributed by atoms with Gasteiger partial charge >= 0.3 is 0 Å². The minimum absolute atomic E-state index is 0.0261. The molecule has 0 bridgehead atoms. The fourth-order valence-corrected chi connectivity index (χ4v) is 3.65. The predicted molar refractivity (Wildman–Crippen MR) is 78.6 cm³/mol. The van der Waals surface area contributed by atoms with Crippen molar-refractivity contribution in [1.82, 2.24) is 0 Å². The molecule has 2 aliphatic heterocycles. The van der Waals surface area contributed by atoms with Crippen LogP contribution in [0.25, 0.3) is 0 Å². The summed E-state index contributed by atoms with van der Waals surface area (Å²) >= 11 is 0. The first-order valence-corrected chi connectivity index (χ1v) is 7.92. The fraction of sp³-hybridized carbons (Fsp3) is 0.647. The fourth-order valence-electron chi connectivity index (χ4n) is 3.65. The maximum atomic E-state index is 6.38. The van der Waals surface area contributed by atoms with Crippen molar-refractivity contribution in [3.8, 4) is 0 Å². The summed E-state index contributed by atoms with van der Waals surface area (Å²) in [6.07, 6.45) is 5.12. The van der Waals surface area contributed by atoms with Gasteiger partial charge in [0.05, 0.1) is 12.5 Å². The molecule has 0 spiro atoms. The molecule has 110 valence electrons. The van der Waals surface area contributed by atoms with Crippen LogP contribution in [0.1, 0.15) is 45.1 Å². The molecular weight excluding hydrogens is 250 g/mol. The Morgan fingerprint density at radius 1 is 1.25 bits per heavy atom. The largest absolute Gasteiger partial charge is 0.345 e. The Hall–Kier alpha value is -0.900. The van der Waals surface area contributed by atoms with Gasteiger partial charge in [-0.25, -0.2) is 0 Å². The SMILES string of the molecule is CC(C)O[C@H]1C[C@@H]2CCCC[N+]2(Cc2ccccc2)O1. The Kier molecular flexibility index (Phi) is 4.11. The zero-order valence-corrected chi connectivity index (χ0v) is 12.6. The summed E-state index contributed by atoms with van der Waals surface area (Å²) in [5.74, 6) is 0. The van der Waals surface area contributed by atoms with E-state index in [1.165, 1.54) is 24.8 Å². The van der Waals surface area contributed by atoms with Gasteiger partial charge in [-0.3, -0.25) is 0 Å². The molecule has 0 aromatic heterocycles. The van der Waals surface area contributed by atoms with Gasteiger partial charge in [0.2, 0.25) is 6.29 Å². The third kappa shape index (κ3) is 2.90. The number of hydrogen-bond acceptors (Lipinski definition) is 2. The topological polar surface area (TPSA) is 18.5 Å². The third-order valence-corrected chi connectivity index (χ3v) is 4.50. The van der Waals surface area contributed by atoms with Gasteiger partial charge in [0.15, 0.2) is 0 Å². The summed E-state index contributed by atoms with van der Waals surface area (Å²) in [4.78, 5) is 6.38. The van der Waals surface area contributed by atoms with E-state index >= 15 is 0 Å². The van der Waals surface area contributed by atoms with Crippen molar-refractivity contribution in [1.29, 1.82) is 0 Å². The molecule has 2 heterocycles. The maximum absolute atomic E-state index is 6.38. The molecule has 0 N–H and O–H groups in total. The Balaban J connectivity index is 1.76. The Labute approximate surface area is 122 Å². The van der Waals surface area contributed by atoms with E-state index in [0.29, 0.717) is 6.04 Å². The van der Waals surface area contributed by atoms with Gasteiger partial charge in [0.25, 0.3) is 0 Å². The van der Waals surface area contributed by atoms with Crippen molar-refractivity contribution in [2.24, 2.45) is 0 Å². The van der Waals surface area contributed by atoms with Crippen molar-refractivity contribution in [3.63, 3.8) is 0 Å². The highest BCUT2D eigenvalue weighted by Crippen LogP contribution is 2.39. The number of benzene rings is 1. The van der Waals surface area contributed by atoms with Crippen LogP contribution in [0.4, 0.5) is 0 Å². The zero-order valence-electron chi connectivity index (χ0n) is 12.6. The van der Waals surface area contributed by atoms with Crippen LogP contribution in [0.2, 0.25) is 0 Å². The Bertz CT molecular complexity index is 434. The number of quaternary nitrogens is 1. The summed E-state index contributed by atoms with van der Waals surface area (Å²) in [6, 6.07) is 11.3. The minimum atomic E-state index is -0.0261. The van der Waals surface area contributed by atoms with Crippen LogP contribution in [0.3, 0.4) is 0 Å². The number of piperidine rings is 1. The summed E-state index contributed by atoms with van der Waals surface area (Å²) in [7, 11) is 0. The Morgan fingerprint density at radius 3 is 2.80 bits per heavy atom. The monoisotopic (exact) mass is 276 g/mol. The first kappa shape index (κ1) is 14.1. The van der Waals surface area contributed by atoms with E-state index in [-0.39, 0.29) is 12.4 Å². The van der Waals surface area contributed by atoms with Gasteiger partial charge in [0, 0.05) is 12.0 Å². The second-order valence-corrected chi connectivity index (χ2v) is 6.42. The lowest BCUT2D eigenvalue weighted by Gasteiger charge is -2.39. The lowest BCUT2D eigenvalue weighted by atomic mass is 9.98. The van der Waals surface area contributed by atoms with Crippen molar-refractivity contribution >= 4 is 0 Å². The van der Waals surface area contributed by atoms with Crippen LogP contribution >= 0.6 is 0 Å². The van der Waals surface area contributed by atoms with E-state index in [4.69, 9.17) is 9.57 Å². The van der Waals surface area contributed by atoms with E-state index < -0.39 is 0 Å². The smallest absolute Gasteiger partial charge is 0.221 e. The quantitative estimate of drug-likeness (QED) is 0.782. The first-order chi connectivity index (χ1) is 9.68. The highest BCUT2D eigenvalue weighted by atomic mass is 16.8. The molecule has 1 aromatic carbocycles. The average Bonchev–Trinajstić information content (AvgIpc) is 2.76. The molecule has 1 aromatic rings. The summed E-state index contributed by atoms with van der Waals surface area (Å²) in [5, 5.41) is 0. The highest BCUT2D eigenvalue weighted by molar-refractivity contribution is 5.13. The number of ether oxygens (including phenoxy) is 1. The first-order valence-electron chi connectivity index (χ1n) is 7.92. The molecule has 3 rings (SSSR count). The van der Waals surface area contributed by atoms with Gasteiger partial charge in [-0.2, -0.15) is 9.48 Å². The molecule has 3 nitrogen and oxygen atoms in total. The second-order valence-electron chi connectivity index (χ2n) is 6.42. The number of hydroxylamine groups is 3. The zero-order chi connectivity index (χ0) is 14.0. The van der Waals surface area contributed by atoms with Gasteiger partial charge in [0.1, 0.15) is 19.1 Å². The normalized spacial score (nSPS) is 33.4. The molecule has 3 heteroatoms. The van der Waals surface area contributed by atoms with Gasteiger partial charge in [-0.1, -0.05) is 30.3 Å². The maximum Gasteiger partial charge on any atom is 0.221 e. The summed E-state index contributed by atoms with van der Waals surface area (Å²) in [6.45, 7) is 6.27. The van der Waals surface area contributed by atoms with Gasteiger partial charge < -0.3 is 4.74 Å². The number of nitrogens with zero attached hydrogens (tertiary/aromatic N) is 1. The van der Waals surface area contributed by atoms with E-state index in [0.717, 1.165) is 24.2 Å². The number of rotatable bonds is 4. The molecular formula is C17H26NO2+. The van der Waals surface area contributed by atoms with Crippen LogP contribution in [-0.2, 0) is 16.1 Å². The standard InChI is InChI=1S/C17H26NO2/c1-14(2)19-17-12-16-10-6-7-11-18(16,20-17)13-15-8-4-3-5-9-15/h3-5,8-9,14,16-17H,6-7,10-13H2,1-2H3/q+1/t16-,17+,18?/m0/s1. The molecule has 1 unspecified atom stereocenters. The molecule has 3 atom stereocenters. The van der Waals surface area contributed by atoms with Crippen LogP contribution in [0.5, 0.6) is 0 Å². The van der Waals surface area contributed by atoms with Crippen LogP contribution in [0, 0.1) is 0 Å². The molecule has 2 saturated heterocycles. The predicted octanol–water partition coefficient (Wildman–Crippen LogP) is 3.64. The van der Waals surface area contributed by atoms with E-state index in [1.54, 1.807) is 0 Å². The second kappa shape index (κ2) is 5.84. The van der Waals surface area contributed by atoms with E-state index in [2.05, 4.69) is 44.2 Å². The lowest BCUT2D eigenvalue weighted by molar-refractivity contribution is -1.13. The summed E-state index contributed by atoms with van der Waals surface area (Å²) in [5.41, 5.74) is 1.37. The minimum Gasteiger partial charge on any atom is -0.345 e. The third-order valence-electron chi connectivity index (χ3n) is 4.50. The number of hydrogen-bond donors (Lipinski definition) is 0. The highest BCUT2D eigenvalue weighted by Gasteiger charge is 2.51. The molecule has 0 saturated carbocycles. The van der Waals surface area contributed by atoms with Crippen molar-refractivity contribution in [3.05, 3.63) is 35.9 Å². The van der Waals surface area contributed by atoms with Crippen LogP contribution in [0.15, 0.2) is 30.3 Å². The van der Waals surface area contributed by atoms with Gasteiger partial charge in [-0.05, 0) is 26.7 Å². The molecule has 0 amide bonds. The van der Waals surface area contributed by atoms with Crippen molar-refractivity contribution in [2.75, 3.05) is 6.54 Å². The average molecular weight is 276 g/mol. The van der Waals surface area contributed by atoms with Crippen molar-refractivity contribution in [2.45, 2.75) is 64.5 Å². The number of fused-ring (bicyclic) bond motifs is 1. The molecule has 2 aliphatic rings. The van der Waals surface area contributed by atoms with Crippen molar-refractivity contribution < 1.29 is 14.2 Å². The molecule has 0 radical (unpaired) electrons. The van der Waals surface area contributed by atoms with E-state index in [9.17, 15) is 0 Å². The van der Waals surface area contributed by atoms with Crippen LogP contribution < -0.4 is 0 Å². The molecule has 2 fully saturated rings. The lowest BCUT2D eigenvalue weighted by Crippen LogP contribution is -2.52. The van der Waals surface area contributed by atoms with Gasteiger partial charge in [-0.15, -0.1) is 0 Å². The molecule has 0 aliphatic carbocycles. The van der Waals surface area contributed by atoms with Crippen LogP contribution in [-0.4, -0.2) is 29.6 Å².